The minimum absolute atomic E-state index is 0.0329. The van der Waals surface area contributed by atoms with Gasteiger partial charge in [0.1, 0.15) is 17.3 Å². The Morgan fingerprint density at radius 3 is 2.80 bits per heavy atom. The number of nitrogens with two attached hydrogens (primary N) is 1. The quantitative estimate of drug-likeness (QED) is 0.852. The molecule has 104 valence electrons. The van der Waals surface area contributed by atoms with Gasteiger partial charge in [0.15, 0.2) is 0 Å². The van der Waals surface area contributed by atoms with Crippen molar-refractivity contribution in [2.24, 2.45) is 0 Å². The predicted octanol–water partition coefficient (Wildman–Crippen LogP) is 4.26. The smallest absolute Gasteiger partial charge is 0.142 e. The molecule has 3 heterocycles. The maximum absolute atomic E-state index is 9.99. The minimum atomic E-state index is -1.48. The van der Waals surface area contributed by atoms with Gasteiger partial charge in [-0.15, -0.1) is 10.0 Å². The fourth-order valence-electron chi connectivity index (χ4n) is 2.60. The number of hydrogen-bond donors (Lipinski definition) is 2. The number of methoxy groups -OCH3 is 1. The Hall–Kier alpha value is -1.00. The molecule has 2 atom stereocenters. The van der Waals surface area contributed by atoms with Crippen LogP contribution in [0.2, 0.25) is 10.0 Å². The van der Waals surface area contributed by atoms with E-state index in [0.717, 1.165) is 9.79 Å². The Balaban J connectivity index is 1.99. The van der Waals surface area contributed by atoms with Crippen molar-refractivity contribution in [2.45, 2.75) is 9.79 Å². The molecule has 4 nitrogen and oxygen atoms in total. The minimum Gasteiger partial charge on any atom is -0.506 e. The van der Waals surface area contributed by atoms with E-state index >= 15 is 0 Å². The van der Waals surface area contributed by atoms with Crippen LogP contribution in [0.5, 0.6) is 11.5 Å². The average Bonchev–Trinajstić information content (AvgIpc) is 2.90. The first-order valence-electron chi connectivity index (χ1n) is 5.66. The number of nitrogens with zero attached hydrogens (tertiary/aromatic N) is 1. The number of halogens is 2. The van der Waals surface area contributed by atoms with Crippen molar-refractivity contribution < 1.29 is 9.84 Å². The molecule has 4 rings (SSSR count). The third-order valence-electron chi connectivity index (χ3n) is 3.54. The average molecular weight is 347 g/mol. The van der Waals surface area contributed by atoms with Gasteiger partial charge < -0.3 is 15.6 Å². The first-order chi connectivity index (χ1) is 9.52. The molecule has 2 aliphatic heterocycles. The van der Waals surface area contributed by atoms with Crippen molar-refractivity contribution in [1.82, 2.24) is 4.75 Å². The number of hydrogen-bond acceptors (Lipinski definition) is 4. The molecule has 2 aliphatic rings. The zero-order chi connectivity index (χ0) is 14.2. The maximum atomic E-state index is 9.99. The van der Waals surface area contributed by atoms with E-state index in [-0.39, 0.29) is 10.8 Å². The number of rotatable bonds is 2. The van der Waals surface area contributed by atoms with Crippen molar-refractivity contribution in [3.63, 3.8) is 0 Å². The van der Waals surface area contributed by atoms with Crippen LogP contribution in [0.25, 0.3) is 4.91 Å². The number of phenolic OH excluding ortho intramolecular Hbond substituents is 1. The molecule has 0 saturated heterocycles. The molecular formula is C12H9Cl2N2O2PS. The lowest BCUT2D eigenvalue weighted by molar-refractivity contribution is 0.406. The molecule has 0 aliphatic carbocycles. The fourth-order valence-corrected chi connectivity index (χ4v) is 9.34. The van der Waals surface area contributed by atoms with E-state index in [9.17, 15) is 5.11 Å². The second kappa shape index (κ2) is 3.80. The highest BCUT2D eigenvalue weighted by atomic mass is 35.5. The monoisotopic (exact) mass is 346 g/mol. The molecular weight excluding hydrogens is 338 g/mol. The van der Waals surface area contributed by atoms with Gasteiger partial charge in [0.05, 0.1) is 22.1 Å². The highest BCUT2D eigenvalue weighted by molar-refractivity contribution is 8.51. The lowest BCUT2D eigenvalue weighted by Crippen LogP contribution is -2.03. The summed E-state index contributed by atoms with van der Waals surface area (Å²) in [7, 11) is 0.410. The largest absolute Gasteiger partial charge is 0.506 e. The van der Waals surface area contributed by atoms with Crippen molar-refractivity contribution in [3.05, 3.63) is 26.8 Å². The first kappa shape index (κ1) is 12.7. The van der Waals surface area contributed by atoms with Gasteiger partial charge in [0.2, 0.25) is 0 Å². The summed E-state index contributed by atoms with van der Waals surface area (Å²) in [5.74, 6) is 0.949. The van der Waals surface area contributed by atoms with Gasteiger partial charge in [-0.25, -0.2) is 4.75 Å². The number of anilines is 1. The molecule has 0 bridgehead atoms. The van der Waals surface area contributed by atoms with Crippen LogP contribution in [-0.2, 0) is 0 Å². The molecule has 1 aromatic heterocycles. The third kappa shape index (κ3) is 1.25. The summed E-state index contributed by atoms with van der Waals surface area (Å²) < 4.78 is 9.49. The molecule has 0 amide bonds. The van der Waals surface area contributed by atoms with Crippen LogP contribution in [0, 0.1) is 0 Å². The highest BCUT2D eigenvalue weighted by Gasteiger charge is 2.58. The van der Waals surface area contributed by atoms with Crippen LogP contribution in [0.15, 0.2) is 21.3 Å². The maximum Gasteiger partial charge on any atom is 0.142 e. The van der Waals surface area contributed by atoms with E-state index < -0.39 is 10.0 Å². The predicted molar refractivity (Wildman–Crippen MR) is 84.9 cm³/mol. The molecule has 20 heavy (non-hydrogen) atoms. The molecule has 2 unspecified atom stereocenters. The Labute approximate surface area is 128 Å². The summed E-state index contributed by atoms with van der Waals surface area (Å²) in [6, 6.07) is 1.42. The van der Waals surface area contributed by atoms with Gasteiger partial charge in [-0.3, -0.25) is 0 Å². The normalized spacial score (nSPS) is 25.2. The summed E-state index contributed by atoms with van der Waals surface area (Å²) in [5, 5.41) is 14.1. The van der Waals surface area contributed by atoms with Crippen LogP contribution in [-0.4, -0.2) is 17.0 Å². The number of aromatic hydroxyl groups is 1. The van der Waals surface area contributed by atoms with E-state index in [1.807, 2.05) is 0 Å². The van der Waals surface area contributed by atoms with Crippen molar-refractivity contribution >= 4 is 52.3 Å². The zero-order valence-corrected chi connectivity index (χ0v) is 13.5. The standard InChI is InChI=1S/C12H9Cl2N2O2PS/c1-18-5-2-4(17)7(13)10(8(5)14)20-3-6(20)9-11(20)12(15)16-19-9/h2-3,17,19H,1H3,(H2,15,16). The second-order valence-electron chi connectivity index (χ2n) is 4.51. The number of fused-ring (bicyclic) bond motifs is 4. The number of phenols is 1. The Morgan fingerprint density at radius 2 is 2.10 bits per heavy atom. The fraction of sp³-hybridized carbons (Fsp3) is 0.0833. The first-order valence-corrected chi connectivity index (χ1v) is 9.06. The summed E-state index contributed by atoms with van der Waals surface area (Å²) in [4.78, 5) is 3.02. The highest BCUT2D eigenvalue weighted by Crippen LogP contribution is 2.96. The van der Waals surface area contributed by atoms with Crippen LogP contribution < -0.4 is 10.5 Å². The second-order valence-corrected chi connectivity index (χ2v) is 9.02. The van der Waals surface area contributed by atoms with Crippen LogP contribution in [0.4, 0.5) is 5.82 Å². The van der Waals surface area contributed by atoms with E-state index in [2.05, 4.69) is 10.2 Å². The molecule has 3 N–H and O–H groups in total. The van der Waals surface area contributed by atoms with Gasteiger partial charge in [0.25, 0.3) is 0 Å². The van der Waals surface area contributed by atoms with Gasteiger partial charge in [0, 0.05) is 21.2 Å². The SMILES string of the molecule is COc1cc(O)c(Cl)c(S23C=C2c2[pH]nc(N)c23)c1Cl. The number of aromatic nitrogens is 1. The Kier molecular flexibility index (Phi) is 2.42. The third-order valence-corrected chi connectivity index (χ3v) is 9.44. The zero-order valence-electron chi connectivity index (χ0n) is 10.2. The van der Waals surface area contributed by atoms with Crippen LogP contribution in [0.3, 0.4) is 0 Å². The van der Waals surface area contributed by atoms with Gasteiger partial charge in [-0.05, 0) is 13.8 Å². The van der Waals surface area contributed by atoms with Crippen molar-refractivity contribution in [1.29, 1.82) is 0 Å². The number of ether oxygens (including phenoxy) is 1. The Bertz CT molecular complexity index is 820. The molecule has 2 aromatic rings. The van der Waals surface area contributed by atoms with Crippen LogP contribution in [0.1, 0.15) is 5.30 Å². The molecule has 1 aromatic carbocycles. The summed E-state index contributed by atoms with van der Waals surface area (Å²) >= 11 is 12.7. The lowest BCUT2D eigenvalue weighted by atomic mass is 10.3. The molecule has 0 radical (unpaired) electrons. The number of benzene rings is 1. The van der Waals surface area contributed by atoms with Gasteiger partial charge in [-0.1, -0.05) is 23.2 Å². The van der Waals surface area contributed by atoms with E-state index in [0.29, 0.717) is 24.9 Å². The van der Waals surface area contributed by atoms with Crippen molar-refractivity contribution in [3.8, 4) is 11.5 Å². The molecule has 0 fully saturated rings. The van der Waals surface area contributed by atoms with Gasteiger partial charge in [-0.2, -0.15) is 0 Å². The summed E-state index contributed by atoms with van der Waals surface area (Å²) in [6.07, 6.45) is 0. The number of nitrogen functional groups attached to an aromatic ring is 1. The topological polar surface area (TPSA) is 68.4 Å². The summed E-state index contributed by atoms with van der Waals surface area (Å²) in [5.41, 5.74) is 5.97. The van der Waals surface area contributed by atoms with Crippen LogP contribution >= 0.6 is 41.6 Å². The van der Waals surface area contributed by atoms with E-state index in [4.69, 9.17) is 33.7 Å². The summed E-state index contributed by atoms with van der Waals surface area (Å²) in [6.45, 7) is 0. The van der Waals surface area contributed by atoms with Crippen molar-refractivity contribution in [2.75, 3.05) is 12.8 Å². The Morgan fingerprint density at radius 1 is 1.35 bits per heavy atom. The molecule has 8 heteroatoms. The molecule has 0 spiro atoms. The van der Waals surface area contributed by atoms with E-state index in [1.54, 1.807) is 0 Å². The van der Waals surface area contributed by atoms with Gasteiger partial charge >= 0.3 is 0 Å². The molecule has 0 saturated carbocycles. The lowest BCUT2D eigenvalue weighted by Gasteiger charge is -2.34. The van der Waals surface area contributed by atoms with E-state index in [1.165, 1.54) is 23.4 Å².